The van der Waals surface area contributed by atoms with Crippen molar-refractivity contribution in [3.05, 3.63) is 109 Å². The molecule has 4 heterocycles. The molecule has 0 saturated heterocycles. The molecule has 0 N–H and O–H groups in total. The maximum Gasteiger partial charge on any atom is 0.235 e. The van der Waals surface area contributed by atoms with Gasteiger partial charge in [0, 0.05) is 33.9 Å². The summed E-state index contributed by atoms with van der Waals surface area (Å²) >= 11 is 0. The van der Waals surface area contributed by atoms with Crippen molar-refractivity contribution in [2.75, 3.05) is 37.5 Å². The Labute approximate surface area is 271 Å². The Balaban J connectivity index is 1.31. The van der Waals surface area contributed by atoms with E-state index in [-0.39, 0.29) is 0 Å². The minimum Gasteiger partial charge on any atom is -0.278 e. The van der Waals surface area contributed by atoms with E-state index < -0.39 is 20.1 Å². The molecule has 6 nitrogen and oxygen atoms in total. The molecule has 0 saturated carbocycles. The topological polar surface area (TPSA) is 61.4 Å². The molecular formula is C38H36N6S2. The van der Waals surface area contributed by atoms with E-state index in [1.54, 1.807) is 0 Å². The zero-order valence-electron chi connectivity index (χ0n) is 26.9. The number of hydrogen-bond donors (Lipinski definition) is 0. The molecule has 4 aromatic carbocycles. The minimum atomic E-state index is -0.997. The molecule has 0 aliphatic rings. The lowest BCUT2D eigenvalue weighted by Gasteiger charge is -2.24. The maximum absolute atomic E-state index is 5.05. The largest absolute Gasteiger partial charge is 0.278 e. The van der Waals surface area contributed by atoms with E-state index in [1.807, 2.05) is 24.5 Å². The molecule has 8 aromatic rings. The number of rotatable bonds is 5. The molecule has 0 radical (unpaired) electrons. The molecule has 8 rings (SSSR count). The van der Waals surface area contributed by atoms with Crippen molar-refractivity contribution >= 4 is 63.7 Å². The van der Waals surface area contributed by atoms with E-state index in [1.165, 1.54) is 21.5 Å². The Morgan fingerprint density at radius 1 is 0.435 bits per heavy atom. The van der Waals surface area contributed by atoms with Crippen molar-refractivity contribution in [3.8, 4) is 23.0 Å². The van der Waals surface area contributed by atoms with Gasteiger partial charge >= 0.3 is 0 Å². The van der Waals surface area contributed by atoms with E-state index in [4.69, 9.17) is 19.9 Å². The van der Waals surface area contributed by atoms with E-state index in [0.29, 0.717) is 11.9 Å². The first-order valence-corrected chi connectivity index (χ1v) is 20.9. The summed E-state index contributed by atoms with van der Waals surface area (Å²) < 4.78 is 4.40. The number of nitrogens with zero attached hydrogens (tertiary/aromatic N) is 6. The fraction of sp³-hybridized carbons (Fsp3) is 0.158. The van der Waals surface area contributed by atoms with Gasteiger partial charge in [0.05, 0.1) is 32.1 Å². The first-order valence-electron chi connectivity index (χ1n) is 15.2. The van der Waals surface area contributed by atoms with Crippen molar-refractivity contribution in [2.45, 2.75) is 10.1 Å². The van der Waals surface area contributed by atoms with Crippen LogP contribution in [0.15, 0.2) is 120 Å². The fourth-order valence-corrected chi connectivity index (χ4v) is 7.95. The summed E-state index contributed by atoms with van der Waals surface area (Å²) in [4.78, 5) is 19.6. The molecule has 4 aromatic heterocycles. The smallest absolute Gasteiger partial charge is 0.235 e. The van der Waals surface area contributed by atoms with Crippen molar-refractivity contribution in [2.24, 2.45) is 0 Å². The average Bonchev–Trinajstić information content (AvgIpc) is 3.56. The van der Waals surface area contributed by atoms with E-state index in [2.05, 4.69) is 132 Å². The van der Waals surface area contributed by atoms with Gasteiger partial charge in [0.25, 0.3) is 0 Å². The van der Waals surface area contributed by atoms with Crippen molar-refractivity contribution in [1.82, 2.24) is 29.1 Å². The third-order valence-electron chi connectivity index (χ3n) is 8.57. The summed E-state index contributed by atoms with van der Waals surface area (Å²) in [6.07, 6.45) is 17.4. The maximum atomic E-state index is 5.05. The second kappa shape index (κ2) is 10.4. The fourth-order valence-electron chi connectivity index (χ4n) is 6.30. The summed E-state index contributed by atoms with van der Waals surface area (Å²) in [6, 6.07) is 34.7. The van der Waals surface area contributed by atoms with Gasteiger partial charge < -0.3 is 0 Å². The molecule has 0 aliphatic heterocycles. The summed E-state index contributed by atoms with van der Waals surface area (Å²) in [5, 5.41) is 6.94. The molecule has 0 unspecified atom stereocenters. The standard InChI is InChI=1S/C38H36N6S2/c1-45(2,3)35-19-21-39-37(41-35)43-31-13-9-7-11-27(31)29-23-25(15-17-33(29)43)26-16-18-34-30(24-26)28-12-8-10-14-32(28)44(34)38-40-22-20-36(42-38)46(4,5)6/h7-24H,1-6H3. The second-order valence-corrected chi connectivity index (χ2v) is 21.4. The Hall–Kier alpha value is -4.66. The predicted molar refractivity (Wildman–Crippen MR) is 199 cm³/mol. The zero-order chi connectivity index (χ0) is 31.8. The zero-order valence-corrected chi connectivity index (χ0v) is 28.5. The average molecular weight is 641 g/mol. The number of hydrogen-bond acceptors (Lipinski definition) is 4. The van der Waals surface area contributed by atoms with Gasteiger partial charge in [-0.15, -0.1) is 0 Å². The Bertz CT molecular complexity index is 2290. The highest BCUT2D eigenvalue weighted by Crippen LogP contribution is 2.45. The molecule has 0 bridgehead atoms. The second-order valence-electron chi connectivity index (χ2n) is 13.2. The highest BCUT2D eigenvalue weighted by atomic mass is 32.3. The van der Waals surface area contributed by atoms with Crippen molar-refractivity contribution in [3.63, 3.8) is 0 Å². The van der Waals surface area contributed by atoms with Crippen LogP contribution in [0.1, 0.15) is 0 Å². The van der Waals surface area contributed by atoms with Crippen molar-refractivity contribution in [1.29, 1.82) is 0 Å². The number of aromatic nitrogens is 6. The first kappa shape index (κ1) is 28.8. The molecule has 8 heteroatoms. The van der Waals surface area contributed by atoms with Gasteiger partial charge in [0.15, 0.2) is 0 Å². The van der Waals surface area contributed by atoms with Crippen LogP contribution < -0.4 is 0 Å². The number of fused-ring (bicyclic) bond motifs is 6. The molecular weight excluding hydrogens is 605 g/mol. The lowest BCUT2D eigenvalue weighted by atomic mass is 10.0. The van der Waals surface area contributed by atoms with Crippen LogP contribution in [-0.2, 0) is 0 Å². The summed E-state index contributed by atoms with van der Waals surface area (Å²) in [5.41, 5.74) is 6.74. The van der Waals surface area contributed by atoms with Crippen LogP contribution in [0.2, 0.25) is 0 Å². The van der Waals surface area contributed by atoms with Gasteiger partial charge in [-0.3, -0.25) is 9.13 Å². The van der Waals surface area contributed by atoms with Crippen LogP contribution >= 0.6 is 20.1 Å². The predicted octanol–water partition coefficient (Wildman–Crippen LogP) is 9.23. The van der Waals surface area contributed by atoms with Gasteiger partial charge in [-0.25, -0.2) is 40.0 Å². The lowest BCUT2D eigenvalue weighted by Crippen LogP contribution is -2.05. The van der Waals surface area contributed by atoms with Crippen LogP contribution in [0.3, 0.4) is 0 Å². The molecule has 0 spiro atoms. The summed E-state index contributed by atoms with van der Waals surface area (Å²) in [7, 11) is -1.99. The molecule has 46 heavy (non-hydrogen) atoms. The molecule has 0 aliphatic carbocycles. The first-order chi connectivity index (χ1) is 22.1. The van der Waals surface area contributed by atoms with Crippen LogP contribution in [0, 0.1) is 0 Å². The lowest BCUT2D eigenvalue weighted by molar-refractivity contribution is 0.930. The van der Waals surface area contributed by atoms with Crippen LogP contribution in [0.4, 0.5) is 0 Å². The summed E-state index contributed by atoms with van der Waals surface area (Å²) in [6.45, 7) is 0. The Morgan fingerprint density at radius 3 is 1.24 bits per heavy atom. The van der Waals surface area contributed by atoms with Crippen molar-refractivity contribution < 1.29 is 0 Å². The van der Waals surface area contributed by atoms with Gasteiger partial charge in [0.1, 0.15) is 0 Å². The van der Waals surface area contributed by atoms with Gasteiger partial charge in [-0.05, 0) is 97.2 Å². The highest BCUT2D eigenvalue weighted by Gasteiger charge is 2.19. The van der Waals surface area contributed by atoms with Crippen LogP contribution in [0.5, 0.6) is 0 Å². The molecule has 230 valence electrons. The van der Waals surface area contributed by atoms with Crippen LogP contribution in [-0.4, -0.2) is 66.6 Å². The highest BCUT2D eigenvalue weighted by molar-refractivity contribution is 8.32. The molecule has 0 amide bonds. The number of para-hydroxylation sites is 2. The minimum absolute atomic E-state index is 0.715. The van der Waals surface area contributed by atoms with E-state index >= 15 is 0 Å². The van der Waals surface area contributed by atoms with Crippen LogP contribution in [0.25, 0.3) is 66.6 Å². The quantitative estimate of drug-likeness (QED) is 0.176. The Morgan fingerprint density at radius 2 is 0.826 bits per heavy atom. The van der Waals surface area contributed by atoms with Gasteiger partial charge in [-0.1, -0.05) is 48.5 Å². The summed E-state index contributed by atoms with van der Waals surface area (Å²) in [5.74, 6) is 1.43. The Kier molecular flexibility index (Phi) is 6.53. The third-order valence-corrected chi connectivity index (χ3v) is 11.5. The molecule has 0 atom stereocenters. The van der Waals surface area contributed by atoms with Gasteiger partial charge in [-0.2, -0.15) is 0 Å². The number of benzene rings is 4. The van der Waals surface area contributed by atoms with E-state index in [9.17, 15) is 0 Å². The normalized spacial score (nSPS) is 13.3. The monoisotopic (exact) mass is 640 g/mol. The SMILES string of the molecule is CS(C)(C)c1ccnc(-n2c3ccccc3c3cc(-c4ccc5c(c4)c4ccccc4n5-c4nccc(S(C)(C)C)n4)ccc32)n1. The van der Waals surface area contributed by atoms with Gasteiger partial charge in [0.2, 0.25) is 11.9 Å². The molecule has 0 fully saturated rings. The van der Waals surface area contributed by atoms with E-state index in [0.717, 1.165) is 43.2 Å². The third kappa shape index (κ3) is 4.66.